The fourth-order valence-electron chi connectivity index (χ4n) is 1.23. The van der Waals surface area contributed by atoms with Crippen molar-refractivity contribution in [2.45, 2.75) is 43.4 Å². The highest BCUT2D eigenvalue weighted by Crippen LogP contribution is 2.23. The van der Waals surface area contributed by atoms with Crippen molar-refractivity contribution in [2.75, 3.05) is 6.61 Å². The van der Waals surface area contributed by atoms with Gasteiger partial charge in [0.05, 0.1) is 0 Å². The molecule has 0 amide bonds. The van der Waals surface area contributed by atoms with Crippen molar-refractivity contribution in [3.05, 3.63) is 17.0 Å². The molecule has 0 saturated heterocycles. The van der Waals surface area contributed by atoms with E-state index in [1.165, 1.54) is 11.3 Å². The largest absolute Gasteiger partial charge is 0.396 e. The van der Waals surface area contributed by atoms with Crippen molar-refractivity contribution in [1.82, 2.24) is 4.72 Å². The SMILES string of the molecule is CCC(C)(C)NS(=O)(=O)c1ccc(CCO)s1. The number of hydrogen-bond acceptors (Lipinski definition) is 4. The van der Waals surface area contributed by atoms with Crippen molar-refractivity contribution in [1.29, 1.82) is 0 Å². The number of rotatable bonds is 6. The average Bonchev–Trinajstić information content (AvgIpc) is 2.66. The predicted octanol–water partition coefficient (Wildman–Crippen LogP) is 1.75. The molecule has 0 aromatic carbocycles. The molecule has 2 N–H and O–H groups in total. The molecule has 4 nitrogen and oxygen atoms in total. The zero-order valence-electron chi connectivity index (χ0n) is 10.4. The van der Waals surface area contributed by atoms with Crippen molar-refractivity contribution in [2.24, 2.45) is 0 Å². The maximum Gasteiger partial charge on any atom is 0.250 e. The van der Waals surface area contributed by atoms with Crippen LogP contribution in [0.3, 0.4) is 0 Å². The highest BCUT2D eigenvalue weighted by molar-refractivity contribution is 7.91. The van der Waals surface area contributed by atoms with Crippen LogP contribution < -0.4 is 4.72 Å². The van der Waals surface area contributed by atoms with Gasteiger partial charge >= 0.3 is 0 Å². The topological polar surface area (TPSA) is 66.4 Å². The van der Waals surface area contributed by atoms with Gasteiger partial charge in [-0.1, -0.05) is 6.92 Å². The van der Waals surface area contributed by atoms with Crippen LogP contribution in [0.15, 0.2) is 16.3 Å². The Kier molecular flexibility index (Phi) is 4.71. The van der Waals surface area contributed by atoms with Crippen LogP contribution in [0.5, 0.6) is 0 Å². The average molecular weight is 277 g/mol. The van der Waals surface area contributed by atoms with Crippen molar-refractivity contribution >= 4 is 21.4 Å². The lowest BCUT2D eigenvalue weighted by molar-refractivity contribution is 0.300. The summed E-state index contributed by atoms with van der Waals surface area (Å²) in [7, 11) is -3.44. The van der Waals surface area contributed by atoms with Crippen LogP contribution in [0.1, 0.15) is 32.1 Å². The van der Waals surface area contributed by atoms with Gasteiger partial charge < -0.3 is 5.11 Å². The van der Waals surface area contributed by atoms with Gasteiger partial charge in [-0.05, 0) is 32.4 Å². The van der Waals surface area contributed by atoms with Crippen LogP contribution in [-0.2, 0) is 16.4 Å². The molecule has 0 spiro atoms. The van der Waals surface area contributed by atoms with E-state index in [1.54, 1.807) is 12.1 Å². The Labute approximate surface area is 107 Å². The van der Waals surface area contributed by atoms with E-state index in [2.05, 4.69) is 4.72 Å². The molecule has 0 aliphatic rings. The van der Waals surface area contributed by atoms with Crippen molar-refractivity contribution in [3.63, 3.8) is 0 Å². The first-order chi connectivity index (χ1) is 7.80. The number of sulfonamides is 1. The number of nitrogens with one attached hydrogen (secondary N) is 1. The fraction of sp³-hybridized carbons (Fsp3) is 0.636. The maximum atomic E-state index is 12.1. The first-order valence-electron chi connectivity index (χ1n) is 5.54. The molecule has 0 aliphatic carbocycles. The molecule has 0 atom stereocenters. The summed E-state index contributed by atoms with van der Waals surface area (Å²) in [5, 5.41) is 8.80. The summed E-state index contributed by atoms with van der Waals surface area (Å²) in [6, 6.07) is 3.33. The molecule has 1 heterocycles. The standard InChI is InChI=1S/C11H19NO3S2/c1-4-11(2,3)12-17(14,15)10-6-5-9(16-10)7-8-13/h5-6,12-13H,4,7-8H2,1-3H3. The maximum absolute atomic E-state index is 12.1. The van der Waals surface area contributed by atoms with Gasteiger partial charge in [0, 0.05) is 23.4 Å². The van der Waals surface area contributed by atoms with Crippen LogP contribution >= 0.6 is 11.3 Å². The number of aliphatic hydroxyl groups is 1. The second-order valence-electron chi connectivity index (χ2n) is 4.54. The smallest absolute Gasteiger partial charge is 0.250 e. The molecule has 0 aliphatic heterocycles. The molecule has 6 heteroatoms. The minimum Gasteiger partial charge on any atom is -0.396 e. The first-order valence-corrected chi connectivity index (χ1v) is 7.84. The normalized spacial score (nSPS) is 12.9. The lowest BCUT2D eigenvalue weighted by atomic mass is 10.0. The van der Waals surface area contributed by atoms with Gasteiger partial charge in [0.1, 0.15) is 4.21 Å². The minimum absolute atomic E-state index is 0.0356. The predicted molar refractivity (Wildman–Crippen MR) is 69.8 cm³/mol. The van der Waals surface area contributed by atoms with Crippen LogP contribution in [0, 0.1) is 0 Å². The second-order valence-corrected chi connectivity index (χ2v) is 7.61. The molecule has 0 saturated carbocycles. The van der Waals surface area contributed by atoms with Crippen LogP contribution in [-0.4, -0.2) is 25.7 Å². The third kappa shape index (κ3) is 4.06. The Morgan fingerprint density at radius 2 is 2.06 bits per heavy atom. The zero-order valence-corrected chi connectivity index (χ0v) is 12.0. The van der Waals surface area contributed by atoms with Gasteiger partial charge in [-0.25, -0.2) is 13.1 Å². The Balaban J connectivity index is 2.89. The first kappa shape index (κ1) is 14.6. The molecular formula is C11H19NO3S2. The van der Waals surface area contributed by atoms with Gasteiger partial charge in [0.2, 0.25) is 0 Å². The summed E-state index contributed by atoms with van der Waals surface area (Å²) in [5.41, 5.74) is -0.444. The van der Waals surface area contributed by atoms with Gasteiger partial charge in [0.15, 0.2) is 0 Å². The quantitative estimate of drug-likeness (QED) is 0.832. The highest BCUT2D eigenvalue weighted by Gasteiger charge is 2.25. The molecule has 0 unspecified atom stereocenters. The van der Waals surface area contributed by atoms with E-state index >= 15 is 0 Å². The Bertz CT molecular complexity index is 463. The molecule has 17 heavy (non-hydrogen) atoms. The van der Waals surface area contributed by atoms with Gasteiger partial charge in [0.25, 0.3) is 10.0 Å². The third-order valence-electron chi connectivity index (χ3n) is 2.55. The lowest BCUT2D eigenvalue weighted by Gasteiger charge is -2.23. The summed E-state index contributed by atoms with van der Waals surface area (Å²) in [6.45, 7) is 5.68. The number of hydrogen-bond donors (Lipinski definition) is 2. The van der Waals surface area contributed by atoms with E-state index in [9.17, 15) is 8.42 Å². The molecule has 1 aromatic heterocycles. The van der Waals surface area contributed by atoms with Gasteiger partial charge in [-0.3, -0.25) is 0 Å². The lowest BCUT2D eigenvalue weighted by Crippen LogP contribution is -2.42. The van der Waals surface area contributed by atoms with Crippen LogP contribution in [0.25, 0.3) is 0 Å². The van der Waals surface area contributed by atoms with E-state index in [-0.39, 0.29) is 6.61 Å². The summed E-state index contributed by atoms with van der Waals surface area (Å²) < 4.78 is 27.1. The number of thiophene rings is 1. The molecule has 0 bridgehead atoms. The van der Waals surface area contributed by atoms with E-state index in [1.807, 2.05) is 20.8 Å². The molecule has 0 fully saturated rings. The Morgan fingerprint density at radius 1 is 1.41 bits per heavy atom. The summed E-state index contributed by atoms with van der Waals surface area (Å²) >= 11 is 1.21. The molecular weight excluding hydrogens is 258 g/mol. The van der Waals surface area contributed by atoms with Crippen LogP contribution in [0.4, 0.5) is 0 Å². The fourth-order valence-corrected chi connectivity index (χ4v) is 4.06. The summed E-state index contributed by atoms with van der Waals surface area (Å²) in [6.07, 6.45) is 1.22. The second kappa shape index (κ2) is 5.48. The summed E-state index contributed by atoms with van der Waals surface area (Å²) in [4.78, 5) is 0.877. The van der Waals surface area contributed by atoms with Crippen LogP contribution in [0.2, 0.25) is 0 Å². The zero-order chi connectivity index (χ0) is 13.1. The third-order valence-corrected chi connectivity index (χ3v) is 5.89. The number of aliphatic hydroxyl groups excluding tert-OH is 1. The van der Waals surface area contributed by atoms with E-state index < -0.39 is 15.6 Å². The van der Waals surface area contributed by atoms with Gasteiger partial charge in [-0.15, -0.1) is 11.3 Å². The monoisotopic (exact) mass is 277 g/mol. The molecule has 1 aromatic rings. The Morgan fingerprint density at radius 3 is 2.59 bits per heavy atom. The summed E-state index contributed by atoms with van der Waals surface area (Å²) in [5.74, 6) is 0. The van der Waals surface area contributed by atoms with Gasteiger partial charge in [-0.2, -0.15) is 0 Å². The molecule has 98 valence electrons. The molecule has 1 rings (SSSR count). The Hall–Kier alpha value is -0.430. The highest BCUT2D eigenvalue weighted by atomic mass is 32.2. The molecule has 0 radical (unpaired) electrons. The van der Waals surface area contributed by atoms with E-state index in [0.29, 0.717) is 10.6 Å². The minimum atomic E-state index is -3.44. The van der Waals surface area contributed by atoms with Crippen molar-refractivity contribution < 1.29 is 13.5 Å². The van der Waals surface area contributed by atoms with E-state index in [4.69, 9.17) is 5.11 Å². The van der Waals surface area contributed by atoms with Crippen molar-refractivity contribution in [3.8, 4) is 0 Å². The van der Waals surface area contributed by atoms with E-state index in [0.717, 1.165) is 11.3 Å².